The van der Waals surface area contributed by atoms with E-state index >= 15 is 0 Å². The SMILES string of the molecule is Cc1cc(O)cc2c1C(=O)O[C@H](C)C[C@H]1C[C@@H]1/C=C\C=C\C(O[Si](C)(C)C(C)(C)C)C2. The number of phenolic OH excluding ortho intramolecular Hbond substituents is 1. The van der Waals surface area contributed by atoms with Crippen LogP contribution in [0, 0.1) is 18.8 Å². The summed E-state index contributed by atoms with van der Waals surface area (Å²) in [5.74, 6) is 1.00. The molecule has 1 saturated carbocycles. The summed E-state index contributed by atoms with van der Waals surface area (Å²) >= 11 is 0. The first-order valence-corrected chi connectivity index (χ1v) is 14.3. The Labute approximate surface area is 188 Å². The summed E-state index contributed by atoms with van der Waals surface area (Å²) in [5.41, 5.74) is 2.06. The number of cyclic esters (lactones) is 1. The number of esters is 1. The van der Waals surface area contributed by atoms with Crippen LogP contribution in [0.4, 0.5) is 0 Å². The molecule has 1 aromatic carbocycles. The number of benzene rings is 1. The summed E-state index contributed by atoms with van der Waals surface area (Å²) in [6.07, 6.45) is 10.8. The highest BCUT2D eigenvalue weighted by Crippen LogP contribution is 2.44. The Kier molecular flexibility index (Phi) is 6.87. The van der Waals surface area contributed by atoms with E-state index in [1.54, 1.807) is 12.1 Å². The fourth-order valence-electron chi connectivity index (χ4n) is 4.10. The number of carbonyl (C=O) groups is 1. The smallest absolute Gasteiger partial charge is 0.338 e. The van der Waals surface area contributed by atoms with Gasteiger partial charge in [0.15, 0.2) is 8.32 Å². The lowest BCUT2D eigenvalue weighted by Gasteiger charge is -2.38. The first-order chi connectivity index (χ1) is 14.4. The Balaban J connectivity index is 2.00. The van der Waals surface area contributed by atoms with E-state index in [9.17, 15) is 9.90 Å². The number of ether oxygens (including phenoxy) is 1. The lowest BCUT2D eigenvalue weighted by molar-refractivity contribution is 0.0309. The molecule has 1 N–H and O–H groups in total. The van der Waals surface area contributed by atoms with Gasteiger partial charge >= 0.3 is 5.97 Å². The maximum absolute atomic E-state index is 13.1. The van der Waals surface area contributed by atoms with Crippen molar-refractivity contribution in [1.29, 1.82) is 0 Å². The van der Waals surface area contributed by atoms with Gasteiger partial charge in [-0.2, -0.15) is 0 Å². The summed E-state index contributed by atoms with van der Waals surface area (Å²) in [4.78, 5) is 13.1. The second-order valence-electron chi connectivity index (χ2n) is 10.8. The monoisotopic (exact) mass is 442 g/mol. The molecule has 31 heavy (non-hydrogen) atoms. The second-order valence-corrected chi connectivity index (χ2v) is 15.6. The van der Waals surface area contributed by atoms with Crippen molar-refractivity contribution in [3.63, 3.8) is 0 Å². The Bertz CT molecular complexity index is 878. The Hall–Kier alpha value is -1.85. The molecular formula is C26H38O4Si. The zero-order valence-corrected chi connectivity index (χ0v) is 21.1. The van der Waals surface area contributed by atoms with Crippen molar-refractivity contribution >= 4 is 14.3 Å². The highest BCUT2D eigenvalue weighted by molar-refractivity contribution is 6.74. The third-order valence-electron chi connectivity index (χ3n) is 6.99. The van der Waals surface area contributed by atoms with Crippen LogP contribution in [0.1, 0.15) is 62.0 Å². The molecule has 1 heterocycles. The van der Waals surface area contributed by atoms with Crippen molar-refractivity contribution in [2.24, 2.45) is 11.8 Å². The molecule has 3 rings (SSSR count). The third-order valence-corrected chi connectivity index (χ3v) is 11.5. The van der Waals surface area contributed by atoms with Crippen molar-refractivity contribution in [2.45, 2.75) is 84.2 Å². The molecule has 170 valence electrons. The van der Waals surface area contributed by atoms with E-state index in [-0.39, 0.29) is 29.0 Å². The predicted molar refractivity (Wildman–Crippen MR) is 128 cm³/mol. The van der Waals surface area contributed by atoms with Gasteiger partial charge in [-0.25, -0.2) is 4.79 Å². The number of hydrogen-bond donors (Lipinski definition) is 1. The Morgan fingerprint density at radius 1 is 1.13 bits per heavy atom. The van der Waals surface area contributed by atoms with Crippen molar-refractivity contribution in [3.05, 3.63) is 53.1 Å². The van der Waals surface area contributed by atoms with Gasteiger partial charge < -0.3 is 14.3 Å². The fourth-order valence-corrected chi connectivity index (χ4v) is 5.37. The van der Waals surface area contributed by atoms with Crippen LogP contribution in [-0.2, 0) is 15.6 Å². The minimum Gasteiger partial charge on any atom is -0.508 e. The number of fused-ring (bicyclic) bond motifs is 2. The average Bonchev–Trinajstić information content (AvgIpc) is 3.33. The van der Waals surface area contributed by atoms with E-state index < -0.39 is 8.32 Å². The Morgan fingerprint density at radius 3 is 2.48 bits per heavy atom. The topological polar surface area (TPSA) is 55.8 Å². The molecule has 0 radical (unpaired) electrons. The lowest BCUT2D eigenvalue weighted by Crippen LogP contribution is -2.44. The van der Waals surface area contributed by atoms with Crippen LogP contribution in [0.2, 0.25) is 18.1 Å². The molecule has 0 amide bonds. The number of aromatic hydroxyl groups is 1. The zero-order chi connectivity index (χ0) is 23.0. The maximum Gasteiger partial charge on any atom is 0.338 e. The van der Waals surface area contributed by atoms with E-state index in [2.05, 4.69) is 58.2 Å². The van der Waals surface area contributed by atoms with E-state index in [0.717, 1.165) is 24.0 Å². The first-order valence-electron chi connectivity index (χ1n) is 11.4. The molecular weight excluding hydrogens is 404 g/mol. The highest BCUT2D eigenvalue weighted by atomic mass is 28.4. The second kappa shape index (κ2) is 8.95. The zero-order valence-electron chi connectivity index (χ0n) is 20.1. The van der Waals surface area contributed by atoms with Gasteiger partial charge in [-0.1, -0.05) is 45.1 Å². The van der Waals surface area contributed by atoms with Crippen molar-refractivity contribution in [2.75, 3.05) is 0 Å². The standard InChI is InChI=1S/C26H38O4Si/c1-17-12-22(27)15-21-16-23(30-31(6,7)26(3,4)5)11-9-8-10-19-14-20(19)13-18(2)29-25(28)24(17)21/h8-12,15,18-20,23,27H,13-14,16H2,1-7H3/b10-8-,11-9+/t18-,19+,20+,23?/m1/s1. The first kappa shape index (κ1) is 23.8. The Morgan fingerprint density at radius 2 is 1.81 bits per heavy atom. The number of hydrogen-bond acceptors (Lipinski definition) is 4. The number of carbonyl (C=O) groups excluding carboxylic acids is 1. The summed E-state index contributed by atoms with van der Waals surface area (Å²) in [6, 6.07) is 3.32. The van der Waals surface area contributed by atoms with E-state index in [4.69, 9.17) is 9.16 Å². The fraction of sp³-hybridized carbons (Fsp3) is 0.577. The summed E-state index contributed by atoms with van der Waals surface area (Å²) in [7, 11) is -2.04. The largest absolute Gasteiger partial charge is 0.508 e. The normalized spacial score (nSPS) is 29.2. The van der Waals surface area contributed by atoms with Crippen LogP contribution in [0.5, 0.6) is 5.75 Å². The number of allylic oxidation sites excluding steroid dienone is 3. The maximum atomic E-state index is 13.1. The van der Waals surface area contributed by atoms with Gasteiger partial charge in [0.2, 0.25) is 0 Å². The van der Waals surface area contributed by atoms with E-state index in [0.29, 0.717) is 23.8 Å². The lowest BCUT2D eigenvalue weighted by atomic mass is 9.96. The average molecular weight is 443 g/mol. The molecule has 0 spiro atoms. The minimum absolute atomic E-state index is 0.0724. The summed E-state index contributed by atoms with van der Waals surface area (Å²) in [6.45, 7) is 15.0. The summed E-state index contributed by atoms with van der Waals surface area (Å²) < 4.78 is 12.6. The van der Waals surface area contributed by atoms with Gasteiger partial charge in [0.25, 0.3) is 0 Å². The molecule has 0 saturated heterocycles. The minimum atomic E-state index is -2.04. The van der Waals surface area contributed by atoms with Crippen molar-refractivity contribution < 1.29 is 19.1 Å². The molecule has 1 unspecified atom stereocenters. The van der Waals surface area contributed by atoms with Gasteiger partial charge in [-0.05, 0) is 79.9 Å². The van der Waals surface area contributed by atoms with Gasteiger partial charge in [0.1, 0.15) is 5.75 Å². The van der Waals surface area contributed by atoms with Crippen LogP contribution in [-0.4, -0.2) is 31.6 Å². The quantitative estimate of drug-likeness (QED) is 0.429. The molecule has 1 aromatic rings. The van der Waals surface area contributed by atoms with E-state index in [1.807, 2.05) is 13.8 Å². The van der Waals surface area contributed by atoms with Gasteiger partial charge in [0, 0.05) is 6.42 Å². The number of rotatable bonds is 2. The molecule has 1 fully saturated rings. The van der Waals surface area contributed by atoms with Crippen LogP contribution in [0.15, 0.2) is 36.4 Å². The number of phenols is 1. The highest BCUT2D eigenvalue weighted by Gasteiger charge is 2.39. The molecule has 1 aliphatic carbocycles. The van der Waals surface area contributed by atoms with Crippen LogP contribution in [0.3, 0.4) is 0 Å². The predicted octanol–water partition coefficient (Wildman–Crippen LogP) is 6.33. The van der Waals surface area contributed by atoms with Crippen molar-refractivity contribution in [3.8, 4) is 5.75 Å². The van der Waals surface area contributed by atoms with Crippen LogP contribution in [0.25, 0.3) is 0 Å². The van der Waals surface area contributed by atoms with Crippen molar-refractivity contribution in [1.82, 2.24) is 0 Å². The number of aryl methyl sites for hydroxylation is 1. The molecule has 0 bridgehead atoms. The van der Waals surface area contributed by atoms with Gasteiger partial charge in [-0.15, -0.1) is 0 Å². The van der Waals surface area contributed by atoms with Crippen LogP contribution < -0.4 is 0 Å². The van der Waals surface area contributed by atoms with Gasteiger partial charge in [0.05, 0.1) is 17.8 Å². The van der Waals surface area contributed by atoms with Crippen LogP contribution >= 0.6 is 0 Å². The molecule has 0 aromatic heterocycles. The molecule has 5 heteroatoms. The molecule has 1 aliphatic heterocycles. The summed E-state index contributed by atoms with van der Waals surface area (Å²) in [5, 5.41) is 10.3. The molecule has 4 nitrogen and oxygen atoms in total. The van der Waals surface area contributed by atoms with E-state index in [1.165, 1.54) is 0 Å². The third kappa shape index (κ3) is 5.89. The van der Waals surface area contributed by atoms with Gasteiger partial charge in [-0.3, -0.25) is 0 Å². The molecule has 4 atom stereocenters. The molecule has 2 aliphatic rings.